The number of nitrogens with zero attached hydrogens (tertiary/aromatic N) is 2. The first-order chi connectivity index (χ1) is 10.7. The lowest BCUT2D eigenvalue weighted by Crippen LogP contribution is -2.27. The van der Waals surface area contributed by atoms with Crippen LogP contribution in [0.5, 0.6) is 0 Å². The number of rotatable bonds is 4. The van der Waals surface area contributed by atoms with E-state index in [0.717, 1.165) is 42.2 Å². The summed E-state index contributed by atoms with van der Waals surface area (Å²) in [6.45, 7) is 2.36. The molecule has 114 valence electrons. The summed E-state index contributed by atoms with van der Waals surface area (Å²) in [7, 11) is 0. The third-order valence-electron chi connectivity index (χ3n) is 3.79. The molecular weight excluding hydrogens is 298 g/mol. The Morgan fingerprint density at radius 1 is 1.18 bits per heavy atom. The monoisotopic (exact) mass is 315 g/mol. The van der Waals surface area contributed by atoms with Gasteiger partial charge in [-0.25, -0.2) is 0 Å². The average molecular weight is 316 g/mol. The Kier molecular flexibility index (Phi) is 4.59. The van der Waals surface area contributed by atoms with Gasteiger partial charge in [0.1, 0.15) is 0 Å². The number of carbonyl (C=O) groups is 1. The summed E-state index contributed by atoms with van der Waals surface area (Å²) in [5.41, 5.74) is 2.61. The second kappa shape index (κ2) is 6.79. The SMILES string of the molecule is O=C(c1cncc(NCc2ccc(Cl)cc2)c1)N1CCCC1. The number of halogens is 1. The summed E-state index contributed by atoms with van der Waals surface area (Å²) in [4.78, 5) is 18.4. The van der Waals surface area contributed by atoms with Crippen LogP contribution in [0.25, 0.3) is 0 Å². The molecule has 2 heterocycles. The van der Waals surface area contributed by atoms with Gasteiger partial charge in [0.25, 0.3) is 5.91 Å². The third kappa shape index (κ3) is 3.57. The second-order valence-corrected chi connectivity index (χ2v) is 5.88. The largest absolute Gasteiger partial charge is 0.380 e. The van der Waals surface area contributed by atoms with Crippen LogP contribution in [0.15, 0.2) is 42.7 Å². The van der Waals surface area contributed by atoms with E-state index in [1.807, 2.05) is 35.2 Å². The average Bonchev–Trinajstić information content (AvgIpc) is 3.08. The lowest BCUT2D eigenvalue weighted by molar-refractivity contribution is 0.0792. The zero-order valence-corrected chi connectivity index (χ0v) is 13.0. The Morgan fingerprint density at radius 3 is 2.64 bits per heavy atom. The van der Waals surface area contributed by atoms with Gasteiger partial charge in [0, 0.05) is 37.1 Å². The molecule has 0 bridgehead atoms. The van der Waals surface area contributed by atoms with Crippen molar-refractivity contribution in [1.29, 1.82) is 0 Å². The van der Waals surface area contributed by atoms with Crippen LogP contribution in [0.1, 0.15) is 28.8 Å². The maximum absolute atomic E-state index is 12.4. The molecule has 0 aliphatic carbocycles. The van der Waals surface area contributed by atoms with Crippen LogP contribution in [0.2, 0.25) is 5.02 Å². The predicted octanol–water partition coefficient (Wildman–Crippen LogP) is 3.58. The molecule has 1 amide bonds. The van der Waals surface area contributed by atoms with Crippen molar-refractivity contribution in [3.8, 4) is 0 Å². The molecule has 4 nitrogen and oxygen atoms in total. The molecule has 22 heavy (non-hydrogen) atoms. The Bertz CT molecular complexity index is 651. The van der Waals surface area contributed by atoms with Crippen LogP contribution >= 0.6 is 11.6 Å². The van der Waals surface area contributed by atoms with Crippen molar-refractivity contribution in [2.45, 2.75) is 19.4 Å². The summed E-state index contributed by atoms with van der Waals surface area (Å²) in [5, 5.41) is 4.02. The lowest BCUT2D eigenvalue weighted by Gasteiger charge is -2.15. The molecule has 1 aliphatic rings. The van der Waals surface area contributed by atoms with Gasteiger partial charge in [-0.3, -0.25) is 9.78 Å². The standard InChI is InChI=1S/C17H18ClN3O/c18-15-5-3-13(4-6-15)10-20-16-9-14(11-19-12-16)17(22)21-7-1-2-8-21/h3-6,9,11-12,20H,1-2,7-8,10H2. The highest BCUT2D eigenvalue weighted by Crippen LogP contribution is 2.16. The fraction of sp³-hybridized carbons (Fsp3) is 0.294. The van der Waals surface area contributed by atoms with Crippen molar-refractivity contribution in [1.82, 2.24) is 9.88 Å². The molecule has 1 saturated heterocycles. The molecule has 3 rings (SSSR count). The number of likely N-dealkylation sites (tertiary alicyclic amines) is 1. The van der Waals surface area contributed by atoms with E-state index in [2.05, 4.69) is 10.3 Å². The predicted molar refractivity (Wildman–Crippen MR) is 88.2 cm³/mol. The first-order valence-corrected chi connectivity index (χ1v) is 7.83. The molecule has 1 N–H and O–H groups in total. The van der Waals surface area contributed by atoms with Crippen LogP contribution in [-0.2, 0) is 6.54 Å². The molecule has 0 saturated carbocycles. The normalized spacial score (nSPS) is 14.1. The molecule has 5 heteroatoms. The molecule has 0 atom stereocenters. The van der Waals surface area contributed by atoms with Gasteiger partial charge in [-0.1, -0.05) is 23.7 Å². The molecule has 1 aliphatic heterocycles. The van der Waals surface area contributed by atoms with Crippen LogP contribution in [0.3, 0.4) is 0 Å². The zero-order valence-electron chi connectivity index (χ0n) is 12.3. The Morgan fingerprint density at radius 2 is 1.91 bits per heavy atom. The van der Waals surface area contributed by atoms with Crippen molar-refractivity contribution in [2.75, 3.05) is 18.4 Å². The maximum Gasteiger partial charge on any atom is 0.255 e. The summed E-state index contributed by atoms with van der Waals surface area (Å²) < 4.78 is 0. The Labute approximate surface area is 135 Å². The minimum atomic E-state index is 0.0696. The minimum absolute atomic E-state index is 0.0696. The van der Waals surface area contributed by atoms with Crippen LogP contribution in [-0.4, -0.2) is 28.9 Å². The number of benzene rings is 1. The molecular formula is C17H18ClN3O. The zero-order chi connectivity index (χ0) is 15.4. The van der Waals surface area contributed by atoms with Crippen molar-refractivity contribution in [3.63, 3.8) is 0 Å². The number of hydrogen-bond acceptors (Lipinski definition) is 3. The first-order valence-electron chi connectivity index (χ1n) is 7.45. The van der Waals surface area contributed by atoms with E-state index < -0.39 is 0 Å². The van der Waals surface area contributed by atoms with Gasteiger partial charge in [-0.05, 0) is 36.6 Å². The summed E-state index contributed by atoms with van der Waals surface area (Å²) in [6.07, 6.45) is 5.55. The molecule has 1 fully saturated rings. The van der Waals surface area contributed by atoms with Crippen LogP contribution in [0.4, 0.5) is 5.69 Å². The van der Waals surface area contributed by atoms with E-state index in [1.54, 1.807) is 12.4 Å². The second-order valence-electron chi connectivity index (χ2n) is 5.44. The van der Waals surface area contributed by atoms with E-state index >= 15 is 0 Å². The van der Waals surface area contributed by atoms with Gasteiger partial charge in [-0.2, -0.15) is 0 Å². The van der Waals surface area contributed by atoms with Crippen molar-refractivity contribution in [2.24, 2.45) is 0 Å². The fourth-order valence-electron chi connectivity index (χ4n) is 2.56. The highest BCUT2D eigenvalue weighted by Gasteiger charge is 2.19. The van der Waals surface area contributed by atoms with Crippen molar-refractivity contribution in [3.05, 3.63) is 58.9 Å². The van der Waals surface area contributed by atoms with E-state index in [1.165, 1.54) is 0 Å². The van der Waals surface area contributed by atoms with Gasteiger partial charge in [0.15, 0.2) is 0 Å². The lowest BCUT2D eigenvalue weighted by atomic mass is 10.2. The van der Waals surface area contributed by atoms with Gasteiger partial charge in [-0.15, -0.1) is 0 Å². The van der Waals surface area contributed by atoms with Gasteiger partial charge in [0.2, 0.25) is 0 Å². The highest BCUT2D eigenvalue weighted by atomic mass is 35.5. The van der Waals surface area contributed by atoms with E-state index in [0.29, 0.717) is 12.1 Å². The maximum atomic E-state index is 12.4. The van der Waals surface area contributed by atoms with E-state index in [4.69, 9.17) is 11.6 Å². The molecule has 0 radical (unpaired) electrons. The highest BCUT2D eigenvalue weighted by molar-refractivity contribution is 6.30. The van der Waals surface area contributed by atoms with Gasteiger partial charge in [0.05, 0.1) is 11.3 Å². The summed E-state index contributed by atoms with van der Waals surface area (Å²) in [6, 6.07) is 9.54. The quantitative estimate of drug-likeness (QED) is 0.938. The van der Waals surface area contributed by atoms with Crippen molar-refractivity contribution >= 4 is 23.2 Å². The number of carbonyl (C=O) groups excluding carboxylic acids is 1. The summed E-state index contributed by atoms with van der Waals surface area (Å²) >= 11 is 5.87. The van der Waals surface area contributed by atoms with Gasteiger partial charge >= 0.3 is 0 Å². The first kappa shape index (κ1) is 14.9. The van der Waals surface area contributed by atoms with Crippen LogP contribution < -0.4 is 5.32 Å². The molecule has 1 aromatic heterocycles. The van der Waals surface area contributed by atoms with Crippen LogP contribution in [0, 0.1) is 0 Å². The molecule has 2 aromatic rings. The number of amides is 1. The fourth-order valence-corrected chi connectivity index (χ4v) is 2.69. The molecule has 1 aromatic carbocycles. The number of hydrogen-bond donors (Lipinski definition) is 1. The summed E-state index contributed by atoms with van der Waals surface area (Å²) in [5.74, 6) is 0.0696. The van der Waals surface area contributed by atoms with E-state index in [9.17, 15) is 4.79 Å². The number of aromatic nitrogens is 1. The number of anilines is 1. The number of nitrogens with one attached hydrogen (secondary N) is 1. The minimum Gasteiger partial charge on any atom is -0.380 e. The Balaban J connectivity index is 1.65. The Hall–Kier alpha value is -2.07. The van der Waals surface area contributed by atoms with Crippen molar-refractivity contribution < 1.29 is 4.79 Å². The third-order valence-corrected chi connectivity index (χ3v) is 4.04. The smallest absolute Gasteiger partial charge is 0.255 e. The van der Waals surface area contributed by atoms with E-state index in [-0.39, 0.29) is 5.91 Å². The number of pyridine rings is 1. The van der Waals surface area contributed by atoms with Gasteiger partial charge < -0.3 is 10.2 Å². The molecule has 0 spiro atoms. The molecule has 0 unspecified atom stereocenters. The topological polar surface area (TPSA) is 45.2 Å².